The Kier molecular flexibility index (Phi) is 7.48. The van der Waals surface area contributed by atoms with Crippen LogP contribution in [0.5, 0.6) is 0 Å². The second-order valence-corrected chi connectivity index (χ2v) is 7.97. The highest BCUT2D eigenvalue weighted by atomic mass is 19.4. The number of alkyl halides is 3. The summed E-state index contributed by atoms with van der Waals surface area (Å²) in [5.41, 5.74) is -0.964. The molecule has 2 aromatic carbocycles. The molecule has 0 saturated carbocycles. The number of nitrogens with one attached hydrogen (secondary N) is 1. The first kappa shape index (κ1) is 25.8. The number of carbonyl (C=O) groups excluding carboxylic acids is 2. The van der Waals surface area contributed by atoms with E-state index in [9.17, 15) is 27.9 Å². The topological polar surface area (TPSA) is 131 Å². The summed E-state index contributed by atoms with van der Waals surface area (Å²) in [4.78, 5) is 27.8. The van der Waals surface area contributed by atoms with Gasteiger partial charge in [-0.1, -0.05) is 64.9 Å². The fraction of sp³-hybridized carbons (Fsp3) is 0.240. The molecule has 2 aromatic heterocycles. The van der Waals surface area contributed by atoms with Gasteiger partial charge in [-0.05, 0) is 12.5 Å². The zero-order chi connectivity index (χ0) is 26.6. The molecule has 9 nitrogen and oxygen atoms in total. The van der Waals surface area contributed by atoms with E-state index in [0.717, 1.165) is 0 Å². The van der Waals surface area contributed by atoms with Crippen molar-refractivity contribution in [2.45, 2.75) is 32.0 Å². The van der Waals surface area contributed by atoms with Gasteiger partial charge in [0.05, 0.1) is 0 Å². The van der Waals surface area contributed by atoms with Crippen molar-refractivity contribution >= 4 is 11.7 Å². The van der Waals surface area contributed by atoms with E-state index in [4.69, 9.17) is 9.05 Å². The number of carbonyl (C=O) groups is 2. The summed E-state index contributed by atoms with van der Waals surface area (Å²) < 4.78 is 51.8. The van der Waals surface area contributed by atoms with E-state index in [-0.39, 0.29) is 35.7 Å². The maximum atomic E-state index is 13.9. The van der Waals surface area contributed by atoms with Gasteiger partial charge in [-0.3, -0.25) is 9.59 Å². The van der Waals surface area contributed by atoms with E-state index in [2.05, 4.69) is 20.6 Å². The minimum Gasteiger partial charge on any atom is -0.381 e. The number of halogens is 3. The fourth-order valence-corrected chi connectivity index (χ4v) is 3.58. The molecule has 0 saturated heterocycles. The number of nitrogens with zero attached hydrogens (tertiary/aromatic N) is 3. The predicted octanol–water partition coefficient (Wildman–Crippen LogP) is 4.60. The van der Waals surface area contributed by atoms with Crippen LogP contribution in [0.2, 0.25) is 0 Å². The molecule has 37 heavy (non-hydrogen) atoms. The zero-order valence-corrected chi connectivity index (χ0v) is 19.5. The van der Waals surface area contributed by atoms with Crippen molar-refractivity contribution in [2.24, 2.45) is 0 Å². The van der Waals surface area contributed by atoms with Crippen LogP contribution in [0.25, 0.3) is 34.3 Å². The van der Waals surface area contributed by atoms with Crippen molar-refractivity contribution < 1.29 is 36.9 Å². The third-order valence-electron chi connectivity index (χ3n) is 5.40. The number of Topliss-reactive ketones (excluding diaryl/α,β-unsaturated/α-hetero) is 1. The Morgan fingerprint density at radius 2 is 1.68 bits per heavy atom. The highest BCUT2D eigenvalue weighted by Crippen LogP contribution is 2.43. The van der Waals surface area contributed by atoms with Crippen LogP contribution in [-0.2, 0) is 15.8 Å². The van der Waals surface area contributed by atoms with Crippen molar-refractivity contribution in [1.29, 1.82) is 0 Å². The number of amides is 1. The highest BCUT2D eigenvalue weighted by Gasteiger charge is 2.42. The Morgan fingerprint density at radius 3 is 2.32 bits per heavy atom. The number of rotatable bonds is 9. The minimum absolute atomic E-state index is 0.0315. The van der Waals surface area contributed by atoms with Crippen LogP contribution < -0.4 is 5.32 Å². The maximum absolute atomic E-state index is 13.9. The van der Waals surface area contributed by atoms with Gasteiger partial charge in [-0.15, -0.1) is 0 Å². The Hall–Kier alpha value is -4.32. The highest BCUT2D eigenvalue weighted by molar-refractivity contribution is 5.88. The molecule has 12 heteroatoms. The van der Waals surface area contributed by atoms with Crippen LogP contribution in [0.3, 0.4) is 0 Å². The number of hydrogen-bond acceptors (Lipinski definition) is 8. The first-order valence-electron chi connectivity index (χ1n) is 11.2. The molecule has 1 amide bonds. The predicted molar refractivity (Wildman–Crippen MR) is 124 cm³/mol. The van der Waals surface area contributed by atoms with Crippen molar-refractivity contribution in [2.75, 3.05) is 6.54 Å². The van der Waals surface area contributed by atoms with Gasteiger partial charge in [-0.25, -0.2) is 0 Å². The molecule has 2 N–H and O–H groups in total. The van der Waals surface area contributed by atoms with Crippen LogP contribution in [0.4, 0.5) is 13.2 Å². The molecule has 1 unspecified atom stereocenters. The van der Waals surface area contributed by atoms with Crippen LogP contribution in [0.15, 0.2) is 63.6 Å². The average Bonchev–Trinajstić information content (AvgIpc) is 3.55. The Morgan fingerprint density at radius 1 is 0.973 bits per heavy atom. The molecule has 1 atom stereocenters. The summed E-state index contributed by atoms with van der Waals surface area (Å²) in [5.74, 6) is -1.81. The van der Waals surface area contributed by atoms with E-state index >= 15 is 0 Å². The molecule has 0 aliphatic heterocycles. The van der Waals surface area contributed by atoms with E-state index in [1.165, 1.54) is 36.4 Å². The van der Waals surface area contributed by atoms with Crippen LogP contribution in [0.1, 0.15) is 37.0 Å². The van der Waals surface area contributed by atoms with Crippen molar-refractivity contribution in [1.82, 2.24) is 20.6 Å². The Labute approximate surface area is 208 Å². The maximum Gasteiger partial charge on any atom is 0.422 e. The van der Waals surface area contributed by atoms with Crippen LogP contribution >= 0.6 is 0 Å². The van der Waals surface area contributed by atoms with Crippen LogP contribution in [-0.4, -0.2) is 38.6 Å². The molecule has 0 radical (unpaired) electrons. The zero-order valence-electron chi connectivity index (χ0n) is 19.5. The molecule has 0 aliphatic carbocycles. The van der Waals surface area contributed by atoms with E-state index < -0.39 is 41.0 Å². The number of ketones is 1. The number of benzene rings is 2. The number of hydrogen-bond donors (Lipinski definition) is 2. The first-order valence-corrected chi connectivity index (χ1v) is 11.2. The summed E-state index contributed by atoms with van der Waals surface area (Å²) in [6.45, 7) is 2.20. The lowest BCUT2D eigenvalue weighted by Crippen LogP contribution is -2.24. The molecule has 2 heterocycles. The molecule has 0 bridgehead atoms. The summed E-state index contributed by atoms with van der Waals surface area (Å²) >= 11 is 0. The van der Waals surface area contributed by atoms with Crippen molar-refractivity contribution in [3.8, 4) is 34.3 Å². The number of aromatic nitrogens is 3. The SMILES string of the molecule is CCNC(=O)CCC(=O)C(O)c1ccc(-c2noc(-c3noc(-c4ccccc4)c3C(F)(F)F)n2)cc1. The monoisotopic (exact) mass is 514 g/mol. The lowest BCUT2D eigenvalue weighted by Gasteiger charge is -2.10. The molecule has 0 fully saturated rings. The van der Waals surface area contributed by atoms with Gasteiger partial charge in [0, 0.05) is 30.5 Å². The molecule has 0 spiro atoms. The average molecular weight is 514 g/mol. The normalized spacial score (nSPS) is 12.4. The standard InChI is InChI=1S/C25H21F3N4O5/c1-2-29-18(34)13-12-17(33)21(35)14-8-10-16(11-9-14)23-30-24(37-32-23)20-19(25(26,27)28)22(36-31-20)15-6-4-3-5-7-15/h3-11,21,35H,2,12-13H2,1H3,(H,29,34). The summed E-state index contributed by atoms with van der Waals surface area (Å²) in [6, 6.07) is 13.6. The lowest BCUT2D eigenvalue weighted by molar-refractivity contribution is -0.137. The van der Waals surface area contributed by atoms with Gasteiger partial charge in [0.15, 0.2) is 17.2 Å². The smallest absolute Gasteiger partial charge is 0.381 e. The molecule has 4 rings (SSSR count). The van der Waals surface area contributed by atoms with Gasteiger partial charge in [0.2, 0.25) is 11.7 Å². The van der Waals surface area contributed by atoms with Gasteiger partial charge in [-0.2, -0.15) is 18.2 Å². The number of aliphatic hydroxyl groups excluding tert-OH is 1. The van der Waals surface area contributed by atoms with Gasteiger partial charge < -0.3 is 19.5 Å². The van der Waals surface area contributed by atoms with Gasteiger partial charge in [0.1, 0.15) is 11.7 Å². The third kappa shape index (κ3) is 5.75. The quantitative estimate of drug-likeness (QED) is 0.331. The minimum atomic E-state index is -4.81. The van der Waals surface area contributed by atoms with Crippen molar-refractivity contribution in [3.63, 3.8) is 0 Å². The summed E-state index contributed by atoms with van der Waals surface area (Å²) in [6.07, 6.45) is -6.42. The second-order valence-electron chi connectivity index (χ2n) is 7.97. The van der Waals surface area contributed by atoms with E-state index in [1.54, 1.807) is 25.1 Å². The molecular weight excluding hydrogens is 493 g/mol. The van der Waals surface area contributed by atoms with Crippen molar-refractivity contribution in [3.05, 3.63) is 65.7 Å². The molecule has 0 aliphatic rings. The summed E-state index contributed by atoms with van der Waals surface area (Å²) in [5, 5.41) is 20.1. The van der Waals surface area contributed by atoms with Crippen LogP contribution in [0, 0.1) is 0 Å². The second kappa shape index (κ2) is 10.7. The molecule has 192 valence electrons. The van der Waals surface area contributed by atoms with Gasteiger partial charge >= 0.3 is 6.18 Å². The first-order chi connectivity index (χ1) is 17.7. The Balaban J connectivity index is 1.54. The lowest BCUT2D eigenvalue weighted by atomic mass is 10.0. The van der Waals surface area contributed by atoms with Gasteiger partial charge in [0.25, 0.3) is 5.89 Å². The molecule has 4 aromatic rings. The summed E-state index contributed by atoms with van der Waals surface area (Å²) in [7, 11) is 0. The fourth-order valence-electron chi connectivity index (χ4n) is 3.58. The van der Waals surface area contributed by atoms with E-state index in [0.29, 0.717) is 12.1 Å². The Bertz CT molecular complexity index is 1380. The van der Waals surface area contributed by atoms with E-state index in [1.807, 2.05) is 0 Å². The third-order valence-corrected chi connectivity index (χ3v) is 5.40. The molecular formula is C25H21F3N4O5. The largest absolute Gasteiger partial charge is 0.422 e. The number of aliphatic hydroxyl groups is 1.